The van der Waals surface area contributed by atoms with E-state index in [0.29, 0.717) is 42.6 Å². The highest BCUT2D eigenvalue weighted by Crippen LogP contribution is 2.40. The number of carbonyl (C=O) groups is 2. The lowest BCUT2D eigenvalue weighted by atomic mass is 10.1. The number of rotatable bonds is 39. The van der Waals surface area contributed by atoms with Crippen molar-refractivity contribution in [1.29, 1.82) is 0 Å². The van der Waals surface area contributed by atoms with E-state index < -0.39 is 11.9 Å². The number of hydrogen-bond acceptors (Lipinski definition) is 6. The van der Waals surface area contributed by atoms with Gasteiger partial charge < -0.3 is 24.1 Å². The quantitative estimate of drug-likeness (QED) is 0.0409. The molecule has 0 fully saturated rings. The molecule has 0 amide bonds. The fourth-order valence-electron chi connectivity index (χ4n) is 7.19. The van der Waals surface area contributed by atoms with Gasteiger partial charge in [-0.05, 0) is 55.7 Å². The van der Waals surface area contributed by atoms with Crippen LogP contribution in [0.25, 0.3) is 0 Å². The van der Waals surface area contributed by atoms with Crippen LogP contribution in [0.4, 0.5) is 0 Å². The Hall–Kier alpha value is -3.22. The SMILES string of the molecule is CCCCCCCCCCCCOc1cc(C(=O)Oc2ccc(C(=O)O)cc2)cc(OCCCCCCCCCCCC)c1OCCCCCCCCCCCC. The van der Waals surface area contributed by atoms with Crippen molar-refractivity contribution in [3.63, 3.8) is 0 Å². The van der Waals surface area contributed by atoms with Crippen molar-refractivity contribution in [2.24, 2.45) is 0 Å². The fourth-order valence-corrected chi connectivity index (χ4v) is 7.19. The van der Waals surface area contributed by atoms with Crippen LogP contribution >= 0.6 is 0 Å². The minimum atomic E-state index is -1.03. The summed E-state index contributed by atoms with van der Waals surface area (Å²) in [7, 11) is 0. The van der Waals surface area contributed by atoms with E-state index in [0.717, 1.165) is 38.5 Å². The average Bonchev–Trinajstić information content (AvgIpc) is 3.21. The van der Waals surface area contributed by atoms with Gasteiger partial charge in [-0.25, -0.2) is 9.59 Å². The Labute approximate surface area is 348 Å². The number of aromatic carboxylic acids is 1. The van der Waals surface area contributed by atoms with Gasteiger partial charge in [0.25, 0.3) is 0 Å². The van der Waals surface area contributed by atoms with Gasteiger partial charge in [0.05, 0.1) is 30.9 Å². The minimum absolute atomic E-state index is 0.129. The van der Waals surface area contributed by atoms with Crippen molar-refractivity contribution in [3.05, 3.63) is 47.5 Å². The first-order valence-electron chi connectivity index (χ1n) is 23.6. The normalized spacial score (nSPS) is 11.1. The predicted octanol–water partition coefficient (Wildman–Crippen LogP) is 15.5. The highest BCUT2D eigenvalue weighted by Gasteiger charge is 2.21. The zero-order valence-corrected chi connectivity index (χ0v) is 36.7. The molecule has 0 heterocycles. The summed E-state index contributed by atoms with van der Waals surface area (Å²) in [6, 6.07) is 9.28. The van der Waals surface area contributed by atoms with Crippen LogP contribution in [0.2, 0.25) is 0 Å². The summed E-state index contributed by atoms with van der Waals surface area (Å²) in [4.78, 5) is 24.9. The molecule has 1 N–H and O–H groups in total. The van der Waals surface area contributed by atoms with Crippen LogP contribution in [0.3, 0.4) is 0 Å². The molecule has 0 atom stereocenters. The van der Waals surface area contributed by atoms with Crippen molar-refractivity contribution < 1.29 is 33.6 Å². The van der Waals surface area contributed by atoms with Crippen molar-refractivity contribution in [1.82, 2.24) is 0 Å². The topological polar surface area (TPSA) is 91.3 Å². The minimum Gasteiger partial charge on any atom is -0.490 e. The third kappa shape index (κ3) is 25.0. The number of unbranched alkanes of at least 4 members (excludes halogenated alkanes) is 27. The van der Waals surface area contributed by atoms with Crippen molar-refractivity contribution in [2.45, 2.75) is 213 Å². The Morgan fingerprint density at radius 1 is 0.421 bits per heavy atom. The molecule has 2 aromatic rings. The number of carboxylic acid groups (broad SMARTS) is 1. The molecule has 0 aliphatic rings. The molecule has 7 nitrogen and oxygen atoms in total. The van der Waals surface area contributed by atoms with Gasteiger partial charge >= 0.3 is 11.9 Å². The molecule has 0 bridgehead atoms. The van der Waals surface area contributed by atoms with Crippen LogP contribution in [-0.4, -0.2) is 36.9 Å². The maximum Gasteiger partial charge on any atom is 0.343 e. The number of benzene rings is 2. The Morgan fingerprint density at radius 2 is 0.737 bits per heavy atom. The first kappa shape index (κ1) is 49.9. The fraction of sp³-hybridized carbons (Fsp3) is 0.720. The van der Waals surface area contributed by atoms with Crippen LogP contribution in [0.15, 0.2) is 36.4 Å². The Balaban J connectivity index is 2.09. The molecule has 0 aliphatic carbocycles. The summed E-state index contributed by atoms with van der Waals surface area (Å²) in [5, 5.41) is 9.29. The van der Waals surface area contributed by atoms with E-state index in [-0.39, 0.29) is 11.3 Å². The van der Waals surface area contributed by atoms with E-state index in [1.807, 2.05) is 0 Å². The molecular formula is C50H82O7. The van der Waals surface area contributed by atoms with Crippen LogP contribution in [0, 0.1) is 0 Å². The van der Waals surface area contributed by atoms with Gasteiger partial charge in [-0.1, -0.05) is 194 Å². The van der Waals surface area contributed by atoms with E-state index in [4.69, 9.17) is 18.9 Å². The number of esters is 1. The Bertz CT molecular complexity index is 1230. The second-order valence-corrected chi connectivity index (χ2v) is 16.1. The highest BCUT2D eigenvalue weighted by atomic mass is 16.5. The zero-order chi connectivity index (χ0) is 41.0. The lowest BCUT2D eigenvalue weighted by Crippen LogP contribution is -2.12. The van der Waals surface area contributed by atoms with E-state index in [9.17, 15) is 14.7 Å². The summed E-state index contributed by atoms with van der Waals surface area (Å²) in [5.41, 5.74) is 0.434. The smallest absolute Gasteiger partial charge is 0.343 e. The molecule has 324 valence electrons. The highest BCUT2D eigenvalue weighted by molar-refractivity contribution is 5.93. The van der Waals surface area contributed by atoms with Crippen molar-refractivity contribution in [3.8, 4) is 23.0 Å². The molecule has 0 aromatic heterocycles. The monoisotopic (exact) mass is 795 g/mol. The molecule has 2 aromatic carbocycles. The standard InChI is InChI=1S/C50H82O7/c1-4-7-10-13-16-19-22-25-28-31-38-54-46-41-44(50(53)57-45-36-34-43(35-37-45)49(51)52)42-47(55-39-32-29-26-23-20-17-14-11-8-5-2)48(46)56-40-33-30-27-24-21-18-15-12-9-6-3/h34-37,41-42H,4-33,38-40H2,1-3H3,(H,51,52). The molecule has 7 heteroatoms. The first-order chi connectivity index (χ1) is 28.0. The predicted molar refractivity (Wildman–Crippen MR) is 237 cm³/mol. The second kappa shape index (κ2) is 34.8. The van der Waals surface area contributed by atoms with Crippen LogP contribution in [0.1, 0.15) is 234 Å². The summed E-state index contributed by atoms with van der Waals surface area (Å²) < 4.78 is 25.0. The molecule has 57 heavy (non-hydrogen) atoms. The van der Waals surface area contributed by atoms with Crippen molar-refractivity contribution in [2.75, 3.05) is 19.8 Å². The second-order valence-electron chi connectivity index (χ2n) is 16.1. The molecule has 2 rings (SSSR count). The lowest BCUT2D eigenvalue weighted by molar-refractivity contribution is 0.0696. The molecule has 0 aliphatic heterocycles. The average molecular weight is 795 g/mol. The Kier molecular flexibility index (Phi) is 30.5. The van der Waals surface area contributed by atoms with E-state index in [1.165, 1.54) is 178 Å². The number of carboxylic acids is 1. The van der Waals surface area contributed by atoms with Crippen LogP contribution in [-0.2, 0) is 0 Å². The molecular weight excluding hydrogens is 713 g/mol. The van der Waals surface area contributed by atoms with Crippen LogP contribution in [0.5, 0.6) is 23.0 Å². The molecule has 0 radical (unpaired) electrons. The van der Waals surface area contributed by atoms with E-state index >= 15 is 0 Å². The van der Waals surface area contributed by atoms with E-state index in [1.54, 1.807) is 12.1 Å². The summed E-state index contributed by atoms with van der Waals surface area (Å²) in [6.07, 6.45) is 37.3. The van der Waals surface area contributed by atoms with Gasteiger partial charge in [0.2, 0.25) is 5.75 Å². The Morgan fingerprint density at radius 3 is 1.07 bits per heavy atom. The van der Waals surface area contributed by atoms with Gasteiger partial charge in [-0.3, -0.25) is 0 Å². The molecule has 0 spiro atoms. The number of ether oxygens (including phenoxy) is 4. The molecule has 0 unspecified atom stereocenters. The third-order valence-corrected chi connectivity index (χ3v) is 10.8. The summed E-state index contributed by atoms with van der Waals surface area (Å²) in [5.74, 6) is 0.249. The summed E-state index contributed by atoms with van der Waals surface area (Å²) in [6.45, 7) is 8.39. The number of hydrogen-bond donors (Lipinski definition) is 1. The van der Waals surface area contributed by atoms with Gasteiger partial charge in [0.1, 0.15) is 5.75 Å². The zero-order valence-electron chi connectivity index (χ0n) is 36.7. The van der Waals surface area contributed by atoms with E-state index in [2.05, 4.69) is 20.8 Å². The van der Waals surface area contributed by atoms with Gasteiger partial charge in [0, 0.05) is 0 Å². The maximum absolute atomic E-state index is 13.5. The maximum atomic E-state index is 13.5. The third-order valence-electron chi connectivity index (χ3n) is 10.8. The molecule has 0 saturated heterocycles. The van der Waals surface area contributed by atoms with Crippen molar-refractivity contribution >= 4 is 11.9 Å². The van der Waals surface area contributed by atoms with Gasteiger partial charge in [-0.2, -0.15) is 0 Å². The van der Waals surface area contributed by atoms with Crippen LogP contribution < -0.4 is 18.9 Å². The largest absolute Gasteiger partial charge is 0.490 e. The molecule has 0 saturated carbocycles. The van der Waals surface area contributed by atoms with Gasteiger partial charge in [0.15, 0.2) is 11.5 Å². The summed E-state index contributed by atoms with van der Waals surface area (Å²) >= 11 is 0. The lowest BCUT2D eigenvalue weighted by Gasteiger charge is -2.19. The number of carbonyl (C=O) groups excluding carboxylic acids is 1. The first-order valence-corrected chi connectivity index (χ1v) is 23.6. The van der Waals surface area contributed by atoms with Gasteiger partial charge in [-0.15, -0.1) is 0 Å².